The Balaban J connectivity index is 1.64. The van der Waals surface area contributed by atoms with Crippen LogP contribution in [0.15, 0.2) is 36.9 Å². The van der Waals surface area contributed by atoms with Gasteiger partial charge in [0, 0.05) is 43.3 Å². The summed E-state index contributed by atoms with van der Waals surface area (Å²) in [4.78, 5) is 40.1. The molecule has 1 N–H and O–H groups in total. The minimum Gasteiger partial charge on any atom is -0.338 e. The normalized spacial score (nSPS) is 20.6. The summed E-state index contributed by atoms with van der Waals surface area (Å²) in [5.74, 6) is -0.0900. The van der Waals surface area contributed by atoms with Gasteiger partial charge >= 0.3 is 0 Å². The summed E-state index contributed by atoms with van der Waals surface area (Å²) in [6.07, 6.45) is 5.72. The van der Waals surface area contributed by atoms with E-state index in [1.54, 1.807) is 24.3 Å². The summed E-state index contributed by atoms with van der Waals surface area (Å²) in [5, 5.41) is 2.67. The second-order valence-electron chi connectivity index (χ2n) is 6.86. The lowest BCUT2D eigenvalue weighted by Gasteiger charge is -2.41. The molecule has 0 spiro atoms. The van der Waals surface area contributed by atoms with Crippen LogP contribution >= 0.6 is 0 Å². The zero-order valence-electron chi connectivity index (χ0n) is 14.9. The molecule has 2 fully saturated rings. The van der Waals surface area contributed by atoms with Crippen LogP contribution in [0.2, 0.25) is 0 Å². The molecule has 2 heterocycles. The number of anilines is 1. The van der Waals surface area contributed by atoms with Crippen molar-refractivity contribution in [1.29, 1.82) is 0 Å². The highest BCUT2D eigenvalue weighted by Gasteiger charge is 2.31. The standard InChI is InChI=1S/C20H25N3O3/c1-2-18(24)21-16-10-8-15(9-11-16)20(26)22-12-5-6-17(14-22)23-13-4-3-7-19(23)25/h2,8-11,17H,1,3-7,12-14H2,(H,21,24). The van der Waals surface area contributed by atoms with Gasteiger partial charge in [0.15, 0.2) is 0 Å². The molecule has 26 heavy (non-hydrogen) atoms. The number of carbonyl (C=O) groups is 3. The topological polar surface area (TPSA) is 69.7 Å². The second kappa shape index (κ2) is 8.17. The van der Waals surface area contributed by atoms with Gasteiger partial charge in [-0.05, 0) is 56.0 Å². The van der Waals surface area contributed by atoms with Crippen LogP contribution in [0.4, 0.5) is 5.69 Å². The van der Waals surface area contributed by atoms with Crippen LogP contribution in [-0.4, -0.2) is 53.2 Å². The molecule has 0 radical (unpaired) electrons. The number of hydrogen-bond acceptors (Lipinski definition) is 3. The van der Waals surface area contributed by atoms with E-state index in [1.807, 2.05) is 9.80 Å². The third kappa shape index (κ3) is 4.12. The highest BCUT2D eigenvalue weighted by molar-refractivity contribution is 5.99. The first-order chi connectivity index (χ1) is 12.6. The van der Waals surface area contributed by atoms with Crippen molar-refractivity contribution < 1.29 is 14.4 Å². The molecule has 0 bridgehead atoms. The number of nitrogens with one attached hydrogen (secondary N) is 1. The summed E-state index contributed by atoms with van der Waals surface area (Å²) < 4.78 is 0. The first-order valence-corrected chi connectivity index (χ1v) is 9.20. The van der Waals surface area contributed by atoms with Crippen molar-refractivity contribution in [3.05, 3.63) is 42.5 Å². The van der Waals surface area contributed by atoms with E-state index >= 15 is 0 Å². The molecule has 0 aliphatic carbocycles. The number of benzene rings is 1. The molecule has 1 unspecified atom stereocenters. The quantitative estimate of drug-likeness (QED) is 0.844. The van der Waals surface area contributed by atoms with E-state index in [-0.39, 0.29) is 23.8 Å². The lowest BCUT2D eigenvalue weighted by Crippen LogP contribution is -2.52. The van der Waals surface area contributed by atoms with Gasteiger partial charge in [0.05, 0.1) is 0 Å². The molecule has 3 rings (SSSR count). The zero-order valence-corrected chi connectivity index (χ0v) is 14.9. The predicted octanol–water partition coefficient (Wildman–Crippen LogP) is 2.43. The summed E-state index contributed by atoms with van der Waals surface area (Å²) in [5.41, 5.74) is 1.22. The Morgan fingerprint density at radius 3 is 2.58 bits per heavy atom. The van der Waals surface area contributed by atoms with Crippen LogP contribution in [-0.2, 0) is 9.59 Å². The van der Waals surface area contributed by atoms with Crippen LogP contribution in [0.25, 0.3) is 0 Å². The van der Waals surface area contributed by atoms with Crippen molar-refractivity contribution in [3.8, 4) is 0 Å². The number of amides is 3. The minimum atomic E-state index is -0.283. The predicted molar refractivity (Wildman–Crippen MR) is 99.8 cm³/mol. The average molecular weight is 355 g/mol. The van der Waals surface area contributed by atoms with Gasteiger partial charge in [-0.2, -0.15) is 0 Å². The van der Waals surface area contributed by atoms with Gasteiger partial charge < -0.3 is 15.1 Å². The molecule has 6 heteroatoms. The third-order valence-electron chi connectivity index (χ3n) is 5.07. The lowest BCUT2D eigenvalue weighted by atomic mass is 9.99. The van der Waals surface area contributed by atoms with Gasteiger partial charge in [-0.15, -0.1) is 0 Å². The second-order valence-corrected chi connectivity index (χ2v) is 6.86. The summed E-state index contributed by atoms with van der Waals surface area (Å²) >= 11 is 0. The van der Waals surface area contributed by atoms with Gasteiger partial charge in [0.25, 0.3) is 5.91 Å². The van der Waals surface area contributed by atoms with E-state index in [2.05, 4.69) is 11.9 Å². The Bertz CT molecular complexity index is 699. The maximum Gasteiger partial charge on any atom is 0.253 e. The molecule has 2 aliphatic heterocycles. The largest absolute Gasteiger partial charge is 0.338 e. The first-order valence-electron chi connectivity index (χ1n) is 9.20. The van der Waals surface area contributed by atoms with Gasteiger partial charge in [0.2, 0.25) is 11.8 Å². The number of piperidine rings is 2. The van der Waals surface area contributed by atoms with E-state index in [0.29, 0.717) is 30.8 Å². The molecule has 3 amide bonds. The Morgan fingerprint density at radius 1 is 1.12 bits per heavy atom. The van der Waals surface area contributed by atoms with Gasteiger partial charge in [-0.1, -0.05) is 6.58 Å². The summed E-state index contributed by atoms with van der Waals surface area (Å²) in [6.45, 7) is 5.53. The fourth-order valence-electron chi connectivity index (χ4n) is 3.68. The van der Waals surface area contributed by atoms with Gasteiger partial charge in [-0.3, -0.25) is 14.4 Å². The molecule has 1 atom stereocenters. The molecular weight excluding hydrogens is 330 g/mol. The third-order valence-corrected chi connectivity index (χ3v) is 5.07. The van der Waals surface area contributed by atoms with Crippen LogP contribution < -0.4 is 5.32 Å². The Kier molecular flexibility index (Phi) is 5.71. The maximum atomic E-state index is 12.8. The molecule has 6 nitrogen and oxygen atoms in total. The lowest BCUT2D eigenvalue weighted by molar-refractivity contribution is -0.136. The van der Waals surface area contributed by atoms with Crippen molar-refractivity contribution in [2.75, 3.05) is 25.0 Å². The molecule has 1 aromatic rings. The van der Waals surface area contributed by atoms with Gasteiger partial charge in [0.1, 0.15) is 0 Å². The van der Waals surface area contributed by atoms with Crippen LogP contribution in [0.1, 0.15) is 42.5 Å². The number of nitrogens with zero attached hydrogens (tertiary/aromatic N) is 2. The van der Waals surface area contributed by atoms with Crippen molar-refractivity contribution in [1.82, 2.24) is 9.80 Å². The molecule has 2 saturated heterocycles. The Hall–Kier alpha value is -2.63. The maximum absolute atomic E-state index is 12.8. The molecular formula is C20H25N3O3. The first kappa shape index (κ1) is 18.2. The van der Waals surface area contributed by atoms with E-state index in [4.69, 9.17) is 0 Å². The molecule has 138 valence electrons. The fourth-order valence-corrected chi connectivity index (χ4v) is 3.68. The molecule has 0 aromatic heterocycles. The summed E-state index contributed by atoms with van der Waals surface area (Å²) in [7, 11) is 0. The van der Waals surface area contributed by atoms with Crippen LogP contribution in [0.5, 0.6) is 0 Å². The monoisotopic (exact) mass is 355 g/mol. The van der Waals surface area contributed by atoms with E-state index in [1.165, 1.54) is 6.08 Å². The molecule has 1 aromatic carbocycles. The van der Waals surface area contributed by atoms with Crippen molar-refractivity contribution in [2.24, 2.45) is 0 Å². The molecule has 2 aliphatic rings. The van der Waals surface area contributed by atoms with Crippen molar-refractivity contribution >= 4 is 23.4 Å². The Labute approximate surface area is 153 Å². The average Bonchev–Trinajstić information content (AvgIpc) is 2.68. The number of carbonyl (C=O) groups excluding carboxylic acids is 3. The van der Waals surface area contributed by atoms with Crippen LogP contribution in [0.3, 0.4) is 0 Å². The van der Waals surface area contributed by atoms with Crippen LogP contribution in [0, 0.1) is 0 Å². The van der Waals surface area contributed by atoms with E-state index in [9.17, 15) is 14.4 Å². The number of likely N-dealkylation sites (tertiary alicyclic amines) is 2. The number of rotatable bonds is 4. The van der Waals surface area contributed by atoms with E-state index in [0.717, 1.165) is 32.2 Å². The van der Waals surface area contributed by atoms with Gasteiger partial charge in [-0.25, -0.2) is 0 Å². The smallest absolute Gasteiger partial charge is 0.253 e. The highest BCUT2D eigenvalue weighted by Crippen LogP contribution is 2.22. The van der Waals surface area contributed by atoms with Crippen molar-refractivity contribution in [2.45, 2.75) is 38.1 Å². The van der Waals surface area contributed by atoms with Crippen molar-refractivity contribution in [3.63, 3.8) is 0 Å². The zero-order chi connectivity index (χ0) is 18.5. The minimum absolute atomic E-state index is 0.0271. The summed E-state index contributed by atoms with van der Waals surface area (Å²) in [6, 6.07) is 6.99. The molecule has 0 saturated carbocycles. The number of hydrogen-bond donors (Lipinski definition) is 1. The highest BCUT2D eigenvalue weighted by atomic mass is 16.2. The van der Waals surface area contributed by atoms with E-state index < -0.39 is 0 Å². The fraction of sp³-hybridized carbons (Fsp3) is 0.450. The SMILES string of the molecule is C=CC(=O)Nc1ccc(C(=O)N2CCCC(N3CCCCC3=O)C2)cc1. The Morgan fingerprint density at radius 2 is 1.88 bits per heavy atom.